The molecule has 2 rings (SSSR count). The minimum atomic E-state index is -3.72. The third-order valence-electron chi connectivity index (χ3n) is 5.07. The van der Waals surface area contributed by atoms with Crippen LogP contribution in [0.5, 0.6) is 0 Å². The molecule has 0 spiro atoms. The number of amides is 1. The van der Waals surface area contributed by atoms with Gasteiger partial charge in [-0.1, -0.05) is 31.9 Å². The smallest absolute Gasteiger partial charge is 0.254 e. The van der Waals surface area contributed by atoms with E-state index in [4.69, 9.17) is 11.6 Å². The van der Waals surface area contributed by atoms with Crippen LogP contribution in [-0.4, -0.2) is 49.2 Å². The summed E-state index contributed by atoms with van der Waals surface area (Å²) in [6.45, 7) is 8.96. The van der Waals surface area contributed by atoms with Gasteiger partial charge in [0.25, 0.3) is 5.91 Å². The first-order valence-corrected chi connectivity index (χ1v) is 11.1. The maximum atomic E-state index is 13.0. The molecule has 1 aromatic rings. The van der Waals surface area contributed by atoms with Crippen LogP contribution in [0, 0.1) is 5.92 Å². The highest BCUT2D eigenvalue weighted by Gasteiger charge is 2.29. The summed E-state index contributed by atoms with van der Waals surface area (Å²) in [4.78, 5) is 14.9. The molecule has 0 N–H and O–H groups in total. The molecule has 1 aliphatic rings. The molecule has 0 saturated heterocycles. The summed E-state index contributed by atoms with van der Waals surface area (Å²) in [5.74, 6) is 0.409. The van der Waals surface area contributed by atoms with Crippen LogP contribution in [0.4, 0.5) is 0 Å². The van der Waals surface area contributed by atoms with Crippen molar-refractivity contribution in [3.8, 4) is 0 Å². The Bertz CT molecular complexity index is 741. The molecule has 1 aromatic carbocycles. The molecule has 1 aliphatic carbocycles. The molecular formula is C19H29ClN2O3S. The van der Waals surface area contributed by atoms with Crippen LogP contribution in [0.25, 0.3) is 0 Å². The van der Waals surface area contributed by atoms with Crippen molar-refractivity contribution in [1.29, 1.82) is 0 Å². The Kier molecular flexibility index (Phi) is 7.11. The Morgan fingerprint density at radius 2 is 1.85 bits per heavy atom. The van der Waals surface area contributed by atoms with Gasteiger partial charge in [-0.15, -0.1) is 0 Å². The Hall–Kier alpha value is -1.11. The highest BCUT2D eigenvalue weighted by atomic mass is 35.5. The van der Waals surface area contributed by atoms with Crippen molar-refractivity contribution in [2.24, 2.45) is 5.92 Å². The van der Waals surface area contributed by atoms with Crippen molar-refractivity contribution >= 4 is 27.5 Å². The predicted molar refractivity (Wildman–Crippen MR) is 105 cm³/mol. The third kappa shape index (κ3) is 4.41. The van der Waals surface area contributed by atoms with E-state index in [1.807, 2.05) is 18.7 Å². The summed E-state index contributed by atoms with van der Waals surface area (Å²) in [5, 5.41) is 0.142. The number of nitrogens with zero attached hydrogens (tertiary/aromatic N) is 2. The summed E-state index contributed by atoms with van der Waals surface area (Å²) >= 11 is 6.17. The Morgan fingerprint density at radius 3 is 2.31 bits per heavy atom. The van der Waals surface area contributed by atoms with Gasteiger partial charge in [-0.2, -0.15) is 4.31 Å². The van der Waals surface area contributed by atoms with E-state index in [1.165, 1.54) is 22.9 Å². The molecule has 0 aromatic heterocycles. The summed E-state index contributed by atoms with van der Waals surface area (Å²) in [6, 6.07) is 4.60. The highest BCUT2D eigenvalue weighted by Crippen LogP contribution is 2.30. The SMILES string of the molecule is CCN(CC)S(=O)(=O)c1cc(C(=O)N(CC2CCC2)C(C)C)ccc1Cl. The number of hydrogen-bond acceptors (Lipinski definition) is 3. The molecule has 5 nitrogen and oxygen atoms in total. The lowest BCUT2D eigenvalue weighted by molar-refractivity contribution is 0.0632. The van der Waals surface area contributed by atoms with Gasteiger partial charge in [0.2, 0.25) is 10.0 Å². The standard InChI is InChI=1S/C19H29ClN2O3S/c1-5-21(6-2)26(24,25)18-12-16(10-11-17(18)20)19(23)22(14(3)4)13-15-8-7-9-15/h10-12,14-15H,5-9,13H2,1-4H3. The van der Waals surface area contributed by atoms with Crippen LogP contribution >= 0.6 is 11.6 Å². The first-order valence-electron chi connectivity index (χ1n) is 9.33. The molecule has 0 heterocycles. The summed E-state index contributed by atoms with van der Waals surface area (Å²) in [6.07, 6.45) is 3.52. The van der Waals surface area contributed by atoms with Crippen LogP contribution in [0.15, 0.2) is 23.1 Å². The Morgan fingerprint density at radius 1 is 1.23 bits per heavy atom. The molecule has 146 valence electrons. The monoisotopic (exact) mass is 400 g/mol. The lowest BCUT2D eigenvalue weighted by atomic mass is 9.85. The van der Waals surface area contributed by atoms with Gasteiger partial charge in [0.1, 0.15) is 4.90 Å². The number of sulfonamides is 1. The largest absolute Gasteiger partial charge is 0.336 e. The van der Waals surface area contributed by atoms with Crippen molar-refractivity contribution < 1.29 is 13.2 Å². The van der Waals surface area contributed by atoms with Crippen molar-refractivity contribution in [3.05, 3.63) is 28.8 Å². The van der Waals surface area contributed by atoms with Crippen LogP contribution in [0.1, 0.15) is 57.3 Å². The van der Waals surface area contributed by atoms with Gasteiger partial charge in [0.15, 0.2) is 0 Å². The van der Waals surface area contributed by atoms with Crippen LogP contribution < -0.4 is 0 Å². The van der Waals surface area contributed by atoms with E-state index in [1.54, 1.807) is 19.9 Å². The van der Waals surface area contributed by atoms with E-state index in [2.05, 4.69) is 0 Å². The predicted octanol–water partition coefficient (Wildman–Crippen LogP) is 4.02. The van der Waals surface area contributed by atoms with E-state index in [-0.39, 0.29) is 21.9 Å². The quantitative estimate of drug-likeness (QED) is 0.662. The van der Waals surface area contributed by atoms with Crippen LogP contribution in [-0.2, 0) is 10.0 Å². The van der Waals surface area contributed by atoms with Gasteiger partial charge < -0.3 is 4.90 Å². The molecule has 0 bridgehead atoms. The number of rotatable bonds is 8. The zero-order chi connectivity index (χ0) is 19.5. The minimum absolute atomic E-state index is 0.000988. The maximum absolute atomic E-state index is 13.0. The Labute approximate surface area is 162 Å². The third-order valence-corrected chi connectivity index (χ3v) is 7.60. The Balaban J connectivity index is 2.36. The molecule has 0 radical (unpaired) electrons. The normalized spacial score (nSPS) is 15.3. The molecule has 7 heteroatoms. The van der Waals surface area contributed by atoms with E-state index in [0.717, 1.165) is 19.4 Å². The van der Waals surface area contributed by atoms with E-state index in [0.29, 0.717) is 24.6 Å². The summed E-state index contributed by atoms with van der Waals surface area (Å²) in [7, 11) is -3.72. The van der Waals surface area contributed by atoms with E-state index in [9.17, 15) is 13.2 Å². The molecule has 1 amide bonds. The van der Waals surface area contributed by atoms with Gasteiger partial charge in [-0.05, 0) is 50.8 Å². The average Bonchev–Trinajstić information content (AvgIpc) is 2.54. The number of carbonyl (C=O) groups is 1. The lowest BCUT2D eigenvalue weighted by Gasteiger charge is -2.35. The number of halogens is 1. The fourth-order valence-electron chi connectivity index (χ4n) is 3.18. The highest BCUT2D eigenvalue weighted by molar-refractivity contribution is 7.89. The van der Waals surface area contributed by atoms with Gasteiger partial charge in [-0.25, -0.2) is 8.42 Å². The fourth-order valence-corrected chi connectivity index (χ4v) is 5.14. The number of carbonyl (C=O) groups excluding carboxylic acids is 1. The van der Waals surface area contributed by atoms with E-state index < -0.39 is 10.0 Å². The molecule has 0 unspecified atom stereocenters. The second-order valence-electron chi connectivity index (χ2n) is 7.08. The zero-order valence-electron chi connectivity index (χ0n) is 16.0. The van der Waals surface area contributed by atoms with Gasteiger partial charge in [0.05, 0.1) is 5.02 Å². The molecule has 0 aliphatic heterocycles. The summed E-state index contributed by atoms with van der Waals surface area (Å²) < 4.78 is 27.0. The average molecular weight is 401 g/mol. The number of hydrogen-bond donors (Lipinski definition) is 0. The topological polar surface area (TPSA) is 57.7 Å². The second-order valence-corrected chi connectivity index (χ2v) is 9.40. The molecule has 1 saturated carbocycles. The van der Waals surface area contributed by atoms with Gasteiger partial charge >= 0.3 is 0 Å². The second kappa shape index (κ2) is 8.72. The van der Waals surface area contributed by atoms with Crippen molar-refractivity contribution in [2.75, 3.05) is 19.6 Å². The molecule has 1 fully saturated rings. The molecule has 0 atom stereocenters. The van der Waals surface area contributed by atoms with Crippen molar-refractivity contribution in [3.63, 3.8) is 0 Å². The van der Waals surface area contributed by atoms with Crippen LogP contribution in [0.3, 0.4) is 0 Å². The molecular weight excluding hydrogens is 372 g/mol. The summed E-state index contributed by atoms with van der Waals surface area (Å²) in [5.41, 5.74) is 0.369. The van der Waals surface area contributed by atoms with Gasteiger partial charge in [-0.3, -0.25) is 4.79 Å². The lowest BCUT2D eigenvalue weighted by Crippen LogP contribution is -2.42. The van der Waals surface area contributed by atoms with E-state index >= 15 is 0 Å². The fraction of sp³-hybridized carbons (Fsp3) is 0.632. The first kappa shape index (κ1) is 21.2. The van der Waals surface area contributed by atoms with Crippen LogP contribution in [0.2, 0.25) is 5.02 Å². The zero-order valence-corrected chi connectivity index (χ0v) is 17.6. The molecule has 26 heavy (non-hydrogen) atoms. The van der Waals surface area contributed by atoms with Crippen molar-refractivity contribution in [1.82, 2.24) is 9.21 Å². The maximum Gasteiger partial charge on any atom is 0.254 e. The first-order chi connectivity index (χ1) is 12.2. The van der Waals surface area contributed by atoms with Crippen molar-refractivity contribution in [2.45, 2.75) is 57.9 Å². The number of benzene rings is 1. The van der Waals surface area contributed by atoms with Gasteiger partial charge in [0, 0.05) is 31.2 Å². The minimum Gasteiger partial charge on any atom is -0.336 e.